The molecule has 0 fully saturated rings. The van der Waals surface area contributed by atoms with E-state index in [4.69, 9.17) is 44.0 Å². The average molecular weight is 1950 g/mol. The number of hydrogen-bond acceptors (Lipinski definition) is 36. The van der Waals surface area contributed by atoms with Crippen molar-refractivity contribution in [2.24, 2.45) is 5.73 Å². The molecule has 700 valence electrons. The van der Waals surface area contributed by atoms with Crippen LogP contribution in [0.25, 0.3) is 82.2 Å². The number of nitrogens with two attached hydrogens (primary N) is 2. The highest BCUT2D eigenvalue weighted by Crippen LogP contribution is 2.38. The number of anilines is 1. The second-order valence-corrected chi connectivity index (χ2v) is 32.3. The number of carbonyl (C=O) groups excluding carboxylic acids is 8. The number of rotatable bonds is 23. The van der Waals surface area contributed by atoms with E-state index in [-0.39, 0.29) is 48.7 Å². The van der Waals surface area contributed by atoms with E-state index in [1.54, 1.807) is 147 Å². The zero-order chi connectivity index (χ0) is 98.3. The van der Waals surface area contributed by atoms with Gasteiger partial charge < -0.3 is 58.6 Å². The van der Waals surface area contributed by atoms with E-state index in [0.29, 0.717) is 109 Å². The van der Waals surface area contributed by atoms with Crippen LogP contribution in [0.5, 0.6) is 23.3 Å². The van der Waals surface area contributed by atoms with Crippen LogP contribution >= 0.6 is 49.9 Å². The zero-order valence-corrected chi connectivity index (χ0v) is 81.3. The zero-order valence-electron chi connectivity index (χ0n) is 77.2. The monoisotopic (exact) mass is 1940 g/mol. The smallest absolute Gasteiger partial charge is 0.379 e. The molecule has 1 amide bonds. The number of hydroxylamine groups is 2. The minimum absolute atomic E-state index is 0.0507. The molecule has 0 bridgehead atoms. The van der Waals surface area contributed by atoms with Crippen LogP contribution in [0.3, 0.4) is 0 Å². The molecule has 0 spiro atoms. The van der Waals surface area contributed by atoms with Gasteiger partial charge in [-0.1, -0.05) is 33.7 Å². The topological polar surface area (TPSA) is 471 Å². The molecule has 0 atom stereocenters. The number of halogens is 1. The van der Waals surface area contributed by atoms with Crippen LogP contribution in [0.2, 0.25) is 0 Å². The van der Waals surface area contributed by atoms with Crippen LogP contribution in [0.15, 0.2) is 199 Å². The number of amides is 1. The first kappa shape index (κ1) is 106. The van der Waals surface area contributed by atoms with Crippen LogP contribution in [0.4, 0.5) is 5.88 Å². The van der Waals surface area contributed by atoms with Crippen molar-refractivity contribution in [3.05, 3.63) is 258 Å². The third-order valence-corrected chi connectivity index (χ3v) is 21.2. The van der Waals surface area contributed by atoms with E-state index in [0.717, 1.165) is 91.8 Å². The lowest BCUT2D eigenvalue weighted by molar-refractivity contribution is -0.165. The molecule has 0 aromatic carbocycles. The Balaban J connectivity index is 0.000000219. The van der Waals surface area contributed by atoms with Crippen LogP contribution in [0, 0.1) is 48.5 Å². The first-order valence-corrected chi connectivity index (χ1v) is 44.2. The number of nitrogen functional groups attached to an aromatic ring is 1. The second-order valence-electron chi connectivity index (χ2n) is 28.5. The number of Topliss-reactive ketones (excluding diaryl/α,β-unsaturated/α-hetero) is 4. The van der Waals surface area contributed by atoms with Gasteiger partial charge >= 0.3 is 11.9 Å². The van der Waals surface area contributed by atoms with Crippen molar-refractivity contribution in [3.8, 4) is 77.5 Å². The molecule has 15 aromatic rings. The number of aliphatic hydroxyl groups is 1. The number of ketones is 5. The standard InChI is InChI=1S/C27H24N4O4S.C18H13N3O2S.C12H13NO4.C9H14N2O2.C8H9NO.C7H6N2OS.C6H6BrN.C5H8O3.C4H9NO2/c1-15-10-17(14-28-13-15)20-12-18(24-25(23-6-5-9-36-23)31-35-27(24)30-20)21(32)8-7-19-16(2)11-22(33-3)26(29-19)34-4;1-10-6-12(9-19-8-10)14-7-13(11(2)22)16-17(15-4-3-5-24-15)21-23-18(16)20-14;1-3-17-12(16)11(15)5-10(14)9-4-8(2)6-13-7-9;1-6-4-8(12-2)9(13-3)11-7(6)5-10;1-6-3-8(7(2)10)5-9-4-6;8-7-4-5(9-10-7)6-2-1-3-11-6;1-5-2-6(7)4-8-3-5;1-3-8-5(7)4(2)6;1-4(6)5(2)7-3/h5-6,9-14H,7-8H2,1-4H3;3-9H,1-2H3;4-7,14H,3H2,1-2H3;4H,5,10H2,1-3H3;3-5H,1-2H3;1-4H,8H2;2-4H,1H3;3H2,1-2H3;1-3H3. The normalized spacial score (nSPS) is 10.4. The summed E-state index contributed by atoms with van der Waals surface area (Å²) in [6.45, 7) is 23.3. The summed E-state index contributed by atoms with van der Waals surface area (Å²) in [7, 11) is 9.26. The fourth-order valence-electron chi connectivity index (χ4n) is 11.5. The Morgan fingerprint density at radius 1 is 0.493 bits per heavy atom. The molecule has 0 aliphatic heterocycles. The number of thiophene rings is 3. The largest absolute Gasteiger partial charge is 0.507 e. The van der Waals surface area contributed by atoms with E-state index in [9.17, 15) is 43.5 Å². The van der Waals surface area contributed by atoms with E-state index in [1.165, 1.54) is 57.9 Å². The lowest BCUT2D eigenvalue weighted by Gasteiger charge is -2.12. The molecular formula is C96H102BrN15O19S3. The lowest BCUT2D eigenvalue weighted by atomic mass is 9.98. The summed E-state index contributed by atoms with van der Waals surface area (Å²) in [6, 6.07) is 30.2. The molecule has 38 heteroatoms. The summed E-state index contributed by atoms with van der Waals surface area (Å²) in [5.74, 6) is -1.21. The van der Waals surface area contributed by atoms with Gasteiger partial charge in [0.25, 0.3) is 29.0 Å². The lowest BCUT2D eigenvalue weighted by Crippen LogP contribution is -2.21. The summed E-state index contributed by atoms with van der Waals surface area (Å²) >= 11 is 7.99. The molecule has 0 unspecified atom stereocenters. The third kappa shape index (κ3) is 32.1. The predicted molar refractivity (Wildman–Crippen MR) is 515 cm³/mol. The van der Waals surface area contributed by atoms with Crippen molar-refractivity contribution in [1.29, 1.82) is 0 Å². The fraction of sp³-hybridized carbons (Fsp3) is 0.250. The number of carbonyl (C=O) groups is 8. The number of pyridine rings is 9. The maximum atomic E-state index is 13.7. The summed E-state index contributed by atoms with van der Waals surface area (Å²) in [5.41, 5.74) is 27.3. The Hall–Kier alpha value is -14.7. The maximum Gasteiger partial charge on any atom is 0.379 e. The van der Waals surface area contributed by atoms with Crippen molar-refractivity contribution < 1.29 is 90.3 Å². The summed E-state index contributed by atoms with van der Waals surface area (Å²) in [4.78, 5) is 135. The Morgan fingerprint density at radius 2 is 0.940 bits per heavy atom. The van der Waals surface area contributed by atoms with Gasteiger partial charge in [-0.25, -0.2) is 34.6 Å². The Kier molecular flexibility index (Phi) is 42.5. The first-order valence-electron chi connectivity index (χ1n) is 40.8. The summed E-state index contributed by atoms with van der Waals surface area (Å²) in [5, 5.41) is 30.1. The number of hydrogen-bond donors (Lipinski definition) is 3. The van der Waals surface area contributed by atoms with Crippen molar-refractivity contribution in [2.75, 3.05) is 61.5 Å². The third-order valence-electron chi connectivity index (χ3n) is 18.2. The van der Waals surface area contributed by atoms with Crippen molar-refractivity contribution in [1.82, 2.24) is 65.4 Å². The number of esters is 2. The second kappa shape index (κ2) is 53.6. The number of aryl methyl sites for hydroxylation is 8. The van der Waals surface area contributed by atoms with Gasteiger partial charge in [-0.3, -0.25) is 58.5 Å². The quantitative estimate of drug-likeness (QED) is 0.0134. The highest BCUT2D eigenvalue weighted by Gasteiger charge is 2.26. The fourth-order valence-corrected chi connectivity index (χ4v) is 14.1. The molecule has 5 N–H and O–H groups in total. The van der Waals surface area contributed by atoms with Gasteiger partial charge in [0, 0.05) is 152 Å². The number of aliphatic hydroxyl groups excluding tert-OH is 1. The number of methoxy groups -OCH3 is 4. The molecule has 0 radical (unpaired) electrons. The van der Waals surface area contributed by atoms with Gasteiger partial charge in [-0.05, 0) is 226 Å². The van der Waals surface area contributed by atoms with Crippen molar-refractivity contribution in [3.63, 3.8) is 0 Å². The van der Waals surface area contributed by atoms with Crippen LogP contribution in [-0.4, -0.2) is 173 Å². The average Bonchev–Trinajstić information content (AvgIpc) is 1.61. The highest BCUT2D eigenvalue weighted by atomic mass is 79.9. The van der Waals surface area contributed by atoms with Crippen molar-refractivity contribution >= 4 is 131 Å². The summed E-state index contributed by atoms with van der Waals surface area (Å²) in [6.07, 6.45) is 18.4. The van der Waals surface area contributed by atoms with Gasteiger partial charge in [0.15, 0.2) is 28.8 Å². The molecular weight excluding hydrogens is 1840 g/mol. The van der Waals surface area contributed by atoms with Gasteiger partial charge in [0.1, 0.15) is 22.8 Å². The molecule has 15 heterocycles. The number of ether oxygens (including phenoxy) is 6. The van der Waals surface area contributed by atoms with Crippen LogP contribution < -0.4 is 30.4 Å². The maximum absolute atomic E-state index is 13.7. The molecule has 134 heavy (non-hydrogen) atoms. The van der Waals surface area contributed by atoms with Crippen LogP contribution in [0.1, 0.15) is 135 Å². The van der Waals surface area contributed by atoms with Crippen molar-refractivity contribution in [2.45, 2.75) is 109 Å². The van der Waals surface area contributed by atoms with E-state index in [1.807, 2.05) is 143 Å². The van der Waals surface area contributed by atoms with Gasteiger partial charge in [0.2, 0.25) is 17.6 Å². The first-order chi connectivity index (χ1) is 64.1. The number of aromatic nitrogens is 12. The van der Waals surface area contributed by atoms with E-state index in [2.05, 4.69) is 90.6 Å². The Labute approximate surface area is 793 Å². The SMILES string of the molecule is CC(=O)c1cc(-c2cncc(C)c2)nc2onc(-c3cccs3)c12.CC(=O)c1cncc(C)c1.CCOC(=O)C(=O)C=C(O)c1cncc(C)c1.CCOC(=O)C(C)=O.CON(C)C(C)=O.COc1cc(C)c(CCC(=O)c2cc(-c3cncc(C)c3)nc3onc(-c4cccs4)c23)nc1OC.COc1cc(C)c(CN)nc1OC.Cc1cncc(Br)c1.Nc1cc(-c2cccs2)no1. The molecule has 0 saturated heterocycles. The minimum Gasteiger partial charge on any atom is -0.507 e. The van der Waals surface area contributed by atoms with Gasteiger partial charge in [-0.2, -0.15) is 0 Å². The molecule has 34 nitrogen and oxygen atoms in total. The van der Waals surface area contributed by atoms with E-state index >= 15 is 0 Å². The van der Waals surface area contributed by atoms with Gasteiger partial charge in [-0.15, -0.1) is 34.0 Å². The Morgan fingerprint density at radius 3 is 1.32 bits per heavy atom. The number of fused-ring (bicyclic) bond motifs is 2. The van der Waals surface area contributed by atoms with Gasteiger partial charge in [0.05, 0.1) is 91.2 Å². The highest BCUT2D eigenvalue weighted by molar-refractivity contribution is 9.10. The molecule has 0 aliphatic carbocycles. The molecule has 0 saturated carbocycles. The predicted octanol–water partition coefficient (Wildman–Crippen LogP) is 18.6. The number of nitrogens with zero attached hydrogens (tertiary/aromatic N) is 13. The van der Waals surface area contributed by atoms with Crippen LogP contribution in [-0.2, 0) is 51.2 Å². The molecule has 15 aromatic heterocycles. The molecule has 0 aliphatic rings. The Bertz CT molecular complexity index is 6480. The minimum atomic E-state index is -0.986. The molecule has 15 rings (SSSR count). The summed E-state index contributed by atoms with van der Waals surface area (Å²) < 4.78 is 46.4. The van der Waals surface area contributed by atoms with E-state index < -0.39 is 23.5 Å².